The van der Waals surface area contributed by atoms with Gasteiger partial charge in [0.1, 0.15) is 0 Å². The number of rotatable bonds is 7. The SMILES string of the molecule is Cc1cc(CC(=O)c2cccc(-n3cc(CC(=O)Nc4ccccc4Cl)cn3)c2)cc(C)n1. The summed E-state index contributed by atoms with van der Waals surface area (Å²) in [6.45, 7) is 3.84. The molecule has 166 valence electrons. The molecule has 1 amide bonds. The Balaban J connectivity index is 1.45. The molecule has 0 saturated carbocycles. The average molecular weight is 459 g/mol. The van der Waals surface area contributed by atoms with E-state index in [9.17, 15) is 9.59 Å². The van der Waals surface area contributed by atoms with E-state index in [1.54, 1.807) is 41.3 Å². The van der Waals surface area contributed by atoms with Crippen molar-refractivity contribution in [3.63, 3.8) is 0 Å². The van der Waals surface area contributed by atoms with Crippen LogP contribution in [0.25, 0.3) is 5.69 Å². The summed E-state index contributed by atoms with van der Waals surface area (Å²) < 4.78 is 1.66. The summed E-state index contributed by atoms with van der Waals surface area (Å²) in [6.07, 6.45) is 3.89. The molecule has 0 unspecified atom stereocenters. The van der Waals surface area contributed by atoms with Crippen molar-refractivity contribution in [2.75, 3.05) is 5.32 Å². The van der Waals surface area contributed by atoms with Crippen LogP contribution in [0.5, 0.6) is 0 Å². The number of anilines is 1. The molecule has 0 aliphatic carbocycles. The second-order valence-corrected chi connectivity index (χ2v) is 8.31. The third-order valence-electron chi connectivity index (χ3n) is 5.09. The molecule has 1 N–H and O–H groups in total. The van der Waals surface area contributed by atoms with Crippen molar-refractivity contribution in [3.8, 4) is 5.69 Å². The van der Waals surface area contributed by atoms with Gasteiger partial charge in [0.15, 0.2) is 5.78 Å². The molecule has 0 aliphatic heterocycles. The minimum absolute atomic E-state index is 0.0216. The second kappa shape index (κ2) is 9.79. The van der Waals surface area contributed by atoms with Gasteiger partial charge < -0.3 is 5.32 Å². The number of carbonyl (C=O) groups is 2. The van der Waals surface area contributed by atoms with Gasteiger partial charge >= 0.3 is 0 Å². The Bertz CT molecular complexity index is 1310. The molecule has 2 heterocycles. The van der Waals surface area contributed by atoms with Crippen LogP contribution in [0, 0.1) is 13.8 Å². The Hall–Kier alpha value is -3.77. The number of pyridine rings is 1. The zero-order chi connectivity index (χ0) is 23.4. The third kappa shape index (κ3) is 5.73. The first kappa shape index (κ1) is 22.4. The molecule has 6 nitrogen and oxygen atoms in total. The quantitative estimate of drug-likeness (QED) is 0.389. The maximum Gasteiger partial charge on any atom is 0.228 e. The smallest absolute Gasteiger partial charge is 0.228 e. The molecule has 2 aromatic heterocycles. The number of aryl methyl sites for hydroxylation is 2. The number of hydrogen-bond acceptors (Lipinski definition) is 4. The van der Waals surface area contributed by atoms with E-state index < -0.39 is 0 Å². The Morgan fingerprint density at radius 1 is 0.939 bits per heavy atom. The molecular formula is C26H23ClN4O2. The lowest BCUT2D eigenvalue weighted by atomic mass is 10.0. The monoisotopic (exact) mass is 458 g/mol. The Morgan fingerprint density at radius 2 is 1.70 bits per heavy atom. The van der Waals surface area contributed by atoms with E-state index in [0.717, 1.165) is 28.2 Å². The number of nitrogens with zero attached hydrogens (tertiary/aromatic N) is 3. The first-order valence-electron chi connectivity index (χ1n) is 10.5. The van der Waals surface area contributed by atoms with E-state index >= 15 is 0 Å². The van der Waals surface area contributed by atoms with Gasteiger partial charge in [-0.1, -0.05) is 35.9 Å². The van der Waals surface area contributed by atoms with E-state index in [4.69, 9.17) is 11.6 Å². The van der Waals surface area contributed by atoms with Crippen LogP contribution in [0.1, 0.15) is 32.9 Å². The standard InChI is InChI=1S/C26H23ClN4O2/c1-17-10-19(11-18(2)29-17)12-25(32)21-6-5-7-22(14-21)31-16-20(15-28-31)13-26(33)30-24-9-4-3-8-23(24)27/h3-11,14-16H,12-13H2,1-2H3,(H,30,33). The lowest BCUT2D eigenvalue weighted by molar-refractivity contribution is -0.115. The Kier molecular flexibility index (Phi) is 6.66. The maximum atomic E-state index is 12.9. The van der Waals surface area contributed by atoms with Crippen LogP contribution < -0.4 is 5.32 Å². The molecule has 4 rings (SSSR count). The molecule has 0 radical (unpaired) electrons. The van der Waals surface area contributed by atoms with Gasteiger partial charge in [-0.3, -0.25) is 14.6 Å². The number of Topliss-reactive ketones (excluding diaryl/α,β-unsaturated/α-hetero) is 1. The number of amides is 1. The predicted molar refractivity (Wildman–Crippen MR) is 129 cm³/mol. The summed E-state index contributed by atoms with van der Waals surface area (Å²) >= 11 is 6.10. The van der Waals surface area contributed by atoms with Crippen molar-refractivity contribution in [2.24, 2.45) is 0 Å². The van der Waals surface area contributed by atoms with Gasteiger partial charge in [0.25, 0.3) is 0 Å². The topological polar surface area (TPSA) is 76.9 Å². The van der Waals surface area contributed by atoms with Crippen molar-refractivity contribution in [1.82, 2.24) is 14.8 Å². The lowest BCUT2D eigenvalue weighted by Gasteiger charge is -2.07. The van der Waals surface area contributed by atoms with E-state index in [0.29, 0.717) is 22.7 Å². The lowest BCUT2D eigenvalue weighted by Crippen LogP contribution is -2.14. The minimum Gasteiger partial charge on any atom is -0.324 e. The van der Waals surface area contributed by atoms with E-state index in [1.807, 2.05) is 50.2 Å². The molecule has 0 spiro atoms. The molecule has 0 bridgehead atoms. The molecular weight excluding hydrogens is 436 g/mol. The van der Waals surface area contributed by atoms with Crippen molar-refractivity contribution >= 4 is 29.0 Å². The Morgan fingerprint density at radius 3 is 2.45 bits per heavy atom. The second-order valence-electron chi connectivity index (χ2n) is 7.91. The molecule has 4 aromatic rings. The van der Waals surface area contributed by atoms with E-state index in [1.165, 1.54) is 0 Å². The highest BCUT2D eigenvalue weighted by molar-refractivity contribution is 6.33. The van der Waals surface area contributed by atoms with Gasteiger partial charge in [-0.15, -0.1) is 0 Å². The predicted octanol–water partition coefficient (Wildman–Crippen LogP) is 5.14. The first-order chi connectivity index (χ1) is 15.9. The summed E-state index contributed by atoms with van der Waals surface area (Å²) in [5, 5.41) is 7.65. The summed E-state index contributed by atoms with van der Waals surface area (Å²) in [5.74, 6) is -0.164. The molecule has 2 aromatic carbocycles. The van der Waals surface area contributed by atoms with Gasteiger partial charge in [-0.25, -0.2) is 4.68 Å². The Labute approximate surface area is 197 Å². The fourth-order valence-electron chi connectivity index (χ4n) is 3.67. The van der Waals surface area contributed by atoms with Gasteiger partial charge in [0.05, 0.1) is 29.0 Å². The van der Waals surface area contributed by atoms with Gasteiger partial charge in [-0.05, 0) is 61.4 Å². The van der Waals surface area contributed by atoms with Crippen molar-refractivity contribution in [2.45, 2.75) is 26.7 Å². The summed E-state index contributed by atoms with van der Waals surface area (Å²) in [6, 6.07) is 18.3. The van der Waals surface area contributed by atoms with E-state index in [-0.39, 0.29) is 18.1 Å². The van der Waals surface area contributed by atoms with E-state index in [2.05, 4.69) is 15.4 Å². The average Bonchev–Trinajstić information content (AvgIpc) is 3.23. The number of hydrogen-bond donors (Lipinski definition) is 1. The normalized spacial score (nSPS) is 10.8. The fourth-order valence-corrected chi connectivity index (χ4v) is 3.85. The zero-order valence-corrected chi connectivity index (χ0v) is 19.1. The highest BCUT2D eigenvalue weighted by atomic mass is 35.5. The number of halogens is 1. The van der Waals surface area contributed by atoms with Crippen LogP contribution in [0.2, 0.25) is 5.02 Å². The number of benzene rings is 2. The van der Waals surface area contributed by atoms with Crippen LogP contribution in [0.3, 0.4) is 0 Å². The summed E-state index contributed by atoms with van der Waals surface area (Å²) in [4.78, 5) is 29.6. The fraction of sp³-hybridized carbons (Fsp3) is 0.154. The molecule has 0 fully saturated rings. The first-order valence-corrected chi connectivity index (χ1v) is 10.9. The molecule has 0 saturated heterocycles. The molecule has 33 heavy (non-hydrogen) atoms. The molecule has 7 heteroatoms. The maximum absolute atomic E-state index is 12.9. The summed E-state index contributed by atoms with van der Waals surface area (Å²) in [5.41, 5.74) is 5.42. The zero-order valence-electron chi connectivity index (χ0n) is 18.4. The minimum atomic E-state index is -0.186. The van der Waals surface area contributed by atoms with Gasteiger partial charge in [0, 0.05) is 29.6 Å². The highest BCUT2D eigenvalue weighted by Crippen LogP contribution is 2.21. The van der Waals surface area contributed by atoms with Crippen LogP contribution in [-0.4, -0.2) is 26.5 Å². The van der Waals surface area contributed by atoms with Crippen LogP contribution in [0.15, 0.2) is 73.1 Å². The molecule has 0 aliphatic rings. The van der Waals surface area contributed by atoms with Crippen LogP contribution in [-0.2, 0) is 17.6 Å². The summed E-state index contributed by atoms with van der Waals surface area (Å²) in [7, 11) is 0. The van der Waals surface area contributed by atoms with Crippen molar-refractivity contribution in [3.05, 3.63) is 106 Å². The number of para-hydroxylation sites is 1. The van der Waals surface area contributed by atoms with Crippen molar-refractivity contribution < 1.29 is 9.59 Å². The van der Waals surface area contributed by atoms with Gasteiger partial charge in [0.2, 0.25) is 5.91 Å². The van der Waals surface area contributed by atoms with Crippen molar-refractivity contribution in [1.29, 1.82) is 0 Å². The number of aromatic nitrogens is 3. The largest absolute Gasteiger partial charge is 0.324 e. The highest BCUT2D eigenvalue weighted by Gasteiger charge is 2.12. The number of ketones is 1. The van der Waals surface area contributed by atoms with Crippen LogP contribution in [0.4, 0.5) is 5.69 Å². The molecule has 0 atom stereocenters. The van der Waals surface area contributed by atoms with Gasteiger partial charge in [-0.2, -0.15) is 5.10 Å². The van der Waals surface area contributed by atoms with Crippen LogP contribution >= 0.6 is 11.6 Å². The number of carbonyl (C=O) groups excluding carboxylic acids is 2. The number of nitrogens with one attached hydrogen (secondary N) is 1. The third-order valence-corrected chi connectivity index (χ3v) is 5.42.